The Morgan fingerprint density at radius 2 is 1.80 bits per heavy atom. The van der Waals surface area contributed by atoms with Gasteiger partial charge >= 0.3 is 0 Å². The van der Waals surface area contributed by atoms with E-state index < -0.39 is 0 Å². The lowest BCUT2D eigenvalue weighted by Crippen LogP contribution is -2.36. The molecule has 0 aliphatic carbocycles. The van der Waals surface area contributed by atoms with E-state index in [9.17, 15) is 0 Å². The van der Waals surface area contributed by atoms with Crippen molar-refractivity contribution in [2.24, 2.45) is 18.0 Å². The zero-order valence-electron chi connectivity index (χ0n) is 19.0. The first-order valence-electron chi connectivity index (χ1n) is 10.7. The van der Waals surface area contributed by atoms with Crippen LogP contribution in [-0.4, -0.2) is 40.8 Å². The lowest BCUT2D eigenvalue weighted by atomic mass is 9.98. The van der Waals surface area contributed by atoms with Crippen LogP contribution in [0.3, 0.4) is 0 Å². The van der Waals surface area contributed by atoms with Crippen LogP contribution in [-0.2, 0) is 26.7 Å². The van der Waals surface area contributed by atoms with Gasteiger partial charge in [-0.05, 0) is 56.8 Å². The minimum atomic E-state index is 0. The van der Waals surface area contributed by atoms with Gasteiger partial charge in [-0.2, -0.15) is 5.10 Å². The second kappa shape index (κ2) is 11.7. The molecule has 1 saturated heterocycles. The Kier molecular flexibility index (Phi) is 9.61. The van der Waals surface area contributed by atoms with Crippen molar-refractivity contribution in [3.8, 4) is 0 Å². The first-order chi connectivity index (χ1) is 14.0. The Hall–Kier alpha value is -1.61. The van der Waals surface area contributed by atoms with Crippen LogP contribution in [0.1, 0.15) is 47.8 Å². The number of nitrogens with zero attached hydrogens (tertiary/aromatic N) is 4. The van der Waals surface area contributed by atoms with Crippen molar-refractivity contribution in [1.29, 1.82) is 0 Å². The summed E-state index contributed by atoms with van der Waals surface area (Å²) in [5.74, 6) is 1.68. The molecule has 0 unspecified atom stereocenters. The van der Waals surface area contributed by atoms with Crippen LogP contribution in [0.5, 0.6) is 0 Å². The maximum Gasteiger partial charge on any atom is 0.191 e. The lowest BCUT2D eigenvalue weighted by molar-refractivity contribution is 0.185. The predicted octanol–water partition coefficient (Wildman–Crippen LogP) is 3.75. The number of hydrogen-bond acceptors (Lipinski definition) is 3. The highest BCUT2D eigenvalue weighted by molar-refractivity contribution is 14.0. The molecule has 0 radical (unpaired) electrons. The van der Waals surface area contributed by atoms with E-state index in [-0.39, 0.29) is 24.0 Å². The molecule has 6 nitrogen and oxygen atoms in total. The van der Waals surface area contributed by atoms with Crippen molar-refractivity contribution in [1.82, 2.24) is 25.3 Å². The SMILES string of the molecule is CN=C(NCc1cccc(CN2CCC(C)CC2)c1)NCc1c(C)nn(C)c1C.I. The summed E-state index contributed by atoms with van der Waals surface area (Å²) < 4.78 is 1.93. The molecule has 30 heavy (non-hydrogen) atoms. The van der Waals surface area contributed by atoms with Gasteiger partial charge in [0, 0.05) is 45.0 Å². The molecule has 0 saturated carbocycles. The molecule has 1 fully saturated rings. The lowest BCUT2D eigenvalue weighted by Gasteiger charge is -2.30. The van der Waals surface area contributed by atoms with Crippen molar-refractivity contribution in [2.45, 2.75) is 53.2 Å². The summed E-state index contributed by atoms with van der Waals surface area (Å²) in [7, 11) is 3.79. The summed E-state index contributed by atoms with van der Waals surface area (Å²) >= 11 is 0. The van der Waals surface area contributed by atoms with E-state index in [4.69, 9.17) is 0 Å². The first-order valence-corrected chi connectivity index (χ1v) is 10.7. The highest BCUT2D eigenvalue weighted by atomic mass is 127. The molecule has 7 heteroatoms. The van der Waals surface area contributed by atoms with E-state index in [1.807, 2.05) is 18.8 Å². The van der Waals surface area contributed by atoms with Crippen LogP contribution >= 0.6 is 24.0 Å². The Balaban J connectivity index is 0.00000320. The summed E-state index contributed by atoms with van der Waals surface area (Å²) in [6, 6.07) is 8.89. The van der Waals surface area contributed by atoms with E-state index >= 15 is 0 Å². The fraction of sp³-hybridized carbons (Fsp3) is 0.565. The van der Waals surface area contributed by atoms with Crippen molar-refractivity contribution < 1.29 is 0 Å². The van der Waals surface area contributed by atoms with Gasteiger partial charge < -0.3 is 10.6 Å². The zero-order valence-corrected chi connectivity index (χ0v) is 21.4. The van der Waals surface area contributed by atoms with Gasteiger partial charge in [-0.15, -0.1) is 24.0 Å². The number of nitrogens with one attached hydrogen (secondary N) is 2. The first kappa shape index (κ1) is 24.7. The third kappa shape index (κ3) is 6.70. The number of aromatic nitrogens is 2. The van der Waals surface area contributed by atoms with Crippen LogP contribution < -0.4 is 10.6 Å². The molecule has 0 atom stereocenters. The van der Waals surface area contributed by atoms with E-state index in [1.165, 1.54) is 48.3 Å². The fourth-order valence-electron chi connectivity index (χ4n) is 3.97. The fourth-order valence-corrected chi connectivity index (χ4v) is 3.97. The highest BCUT2D eigenvalue weighted by Crippen LogP contribution is 2.18. The summed E-state index contributed by atoms with van der Waals surface area (Å²) in [6.45, 7) is 11.5. The van der Waals surface area contributed by atoms with Gasteiger partial charge in [-0.25, -0.2) is 0 Å². The van der Waals surface area contributed by atoms with Crippen LogP contribution in [0, 0.1) is 19.8 Å². The quantitative estimate of drug-likeness (QED) is 0.344. The molecule has 2 heterocycles. The molecule has 1 aromatic heterocycles. The van der Waals surface area contributed by atoms with Crippen LogP contribution in [0.25, 0.3) is 0 Å². The Bertz CT molecular complexity index is 836. The van der Waals surface area contributed by atoms with Crippen LogP contribution in [0.4, 0.5) is 0 Å². The van der Waals surface area contributed by atoms with Gasteiger partial charge in [-0.3, -0.25) is 14.6 Å². The summed E-state index contributed by atoms with van der Waals surface area (Å²) in [5.41, 5.74) is 6.15. The number of likely N-dealkylation sites (tertiary alicyclic amines) is 1. The van der Waals surface area contributed by atoms with Crippen molar-refractivity contribution in [3.63, 3.8) is 0 Å². The molecule has 0 amide bonds. The summed E-state index contributed by atoms with van der Waals surface area (Å²) in [4.78, 5) is 6.94. The number of aryl methyl sites for hydroxylation is 2. The molecule has 1 aliphatic rings. The van der Waals surface area contributed by atoms with Gasteiger partial charge in [0.2, 0.25) is 0 Å². The second-order valence-electron chi connectivity index (χ2n) is 8.33. The smallest absolute Gasteiger partial charge is 0.191 e. The maximum absolute atomic E-state index is 4.48. The number of benzene rings is 1. The van der Waals surface area contributed by atoms with Gasteiger partial charge in [0.05, 0.1) is 5.69 Å². The van der Waals surface area contributed by atoms with E-state index in [2.05, 4.69) is 70.7 Å². The maximum atomic E-state index is 4.48. The average molecular weight is 524 g/mol. The largest absolute Gasteiger partial charge is 0.352 e. The van der Waals surface area contributed by atoms with Crippen molar-refractivity contribution in [2.75, 3.05) is 20.1 Å². The standard InChI is InChI=1S/C23H36N6.HI/c1-17-9-11-29(12-10-17)16-21-8-6-7-20(13-21)14-25-23(24-4)26-15-22-18(2)27-28(5)19(22)3;/h6-8,13,17H,9-12,14-16H2,1-5H3,(H2,24,25,26);1H. The molecule has 2 N–H and O–H groups in total. The third-order valence-electron chi connectivity index (χ3n) is 6.05. The normalized spacial score (nSPS) is 15.7. The number of piperidine rings is 1. The monoisotopic (exact) mass is 524 g/mol. The summed E-state index contributed by atoms with van der Waals surface area (Å²) in [6.07, 6.45) is 2.64. The van der Waals surface area contributed by atoms with Gasteiger partial charge in [0.1, 0.15) is 0 Å². The Labute approximate surface area is 198 Å². The van der Waals surface area contributed by atoms with E-state index in [0.29, 0.717) is 0 Å². The minimum Gasteiger partial charge on any atom is -0.352 e. The Morgan fingerprint density at radius 1 is 1.13 bits per heavy atom. The van der Waals surface area contributed by atoms with Crippen molar-refractivity contribution in [3.05, 3.63) is 52.3 Å². The molecule has 0 bridgehead atoms. The molecular formula is C23H37IN6. The van der Waals surface area contributed by atoms with Crippen LogP contribution in [0.2, 0.25) is 0 Å². The minimum absolute atomic E-state index is 0. The third-order valence-corrected chi connectivity index (χ3v) is 6.05. The van der Waals surface area contributed by atoms with E-state index in [0.717, 1.165) is 37.2 Å². The average Bonchev–Trinajstić information content (AvgIpc) is 2.96. The molecule has 2 aromatic rings. The molecule has 166 valence electrons. The van der Waals surface area contributed by atoms with E-state index in [1.54, 1.807) is 0 Å². The number of guanidine groups is 1. The van der Waals surface area contributed by atoms with Crippen molar-refractivity contribution >= 4 is 29.9 Å². The van der Waals surface area contributed by atoms with Crippen LogP contribution in [0.15, 0.2) is 29.3 Å². The molecule has 3 rings (SSSR count). The zero-order chi connectivity index (χ0) is 20.8. The highest BCUT2D eigenvalue weighted by Gasteiger charge is 2.15. The van der Waals surface area contributed by atoms with Gasteiger partial charge in [0.15, 0.2) is 5.96 Å². The number of halogens is 1. The topological polar surface area (TPSA) is 57.5 Å². The molecule has 0 spiro atoms. The predicted molar refractivity (Wildman–Crippen MR) is 135 cm³/mol. The van der Waals surface area contributed by atoms with Gasteiger partial charge in [-0.1, -0.05) is 31.2 Å². The number of aliphatic imine (C=N–C) groups is 1. The molecular weight excluding hydrogens is 487 g/mol. The second-order valence-corrected chi connectivity index (χ2v) is 8.33. The number of rotatable bonds is 6. The Morgan fingerprint density at radius 3 is 2.43 bits per heavy atom. The number of hydrogen-bond donors (Lipinski definition) is 2. The van der Waals surface area contributed by atoms with Gasteiger partial charge in [0.25, 0.3) is 0 Å². The molecule has 1 aliphatic heterocycles. The summed E-state index contributed by atoms with van der Waals surface area (Å²) in [5, 5.41) is 11.3. The molecule has 1 aromatic carbocycles.